The van der Waals surface area contributed by atoms with E-state index in [-0.39, 0.29) is 17.5 Å². The summed E-state index contributed by atoms with van der Waals surface area (Å²) >= 11 is 2.56. The van der Waals surface area contributed by atoms with Gasteiger partial charge in [0.2, 0.25) is 5.91 Å². The topological polar surface area (TPSA) is 75.2 Å². The number of aryl methyl sites for hydroxylation is 1. The van der Waals surface area contributed by atoms with E-state index < -0.39 is 11.6 Å². The number of thiophene rings is 1. The molecule has 0 aliphatic carbocycles. The standard InChI is InChI=1S/C21H24N4O2S2/c1-5-21(3,4)22-19(26)18(17-11-8-12-28-17)25(16-10-7-6-9-14(16)2)20(27)15-13-29-24-23-15/h6-13,18H,5H2,1-4H3,(H,22,26). The molecule has 2 heterocycles. The maximum atomic E-state index is 13.5. The Morgan fingerprint density at radius 2 is 1.97 bits per heavy atom. The van der Waals surface area contributed by atoms with Crippen LogP contribution in [0.15, 0.2) is 47.2 Å². The lowest BCUT2D eigenvalue weighted by Crippen LogP contribution is -2.50. The minimum absolute atomic E-state index is 0.223. The molecule has 6 nitrogen and oxygen atoms in total. The van der Waals surface area contributed by atoms with Crippen molar-refractivity contribution in [2.24, 2.45) is 0 Å². The molecule has 0 bridgehead atoms. The second-order valence-corrected chi connectivity index (χ2v) is 8.99. The molecule has 0 aliphatic heterocycles. The Labute approximate surface area is 178 Å². The van der Waals surface area contributed by atoms with Crippen molar-refractivity contribution < 1.29 is 9.59 Å². The lowest BCUT2D eigenvalue weighted by molar-refractivity contribution is -0.124. The van der Waals surface area contributed by atoms with Gasteiger partial charge < -0.3 is 5.32 Å². The third-order valence-electron chi connectivity index (χ3n) is 4.84. The number of hydrogen-bond acceptors (Lipinski definition) is 6. The molecule has 0 saturated heterocycles. The summed E-state index contributed by atoms with van der Waals surface area (Å²) in [5.74, 6) is -0.574. The Kier molecular flexibility index (Phi) is 6.44. The zero-order valence-electron chi connectivity index (χ0n) is 16.9. The van der Waals surface area contributed by atoms with Crippen molar-refractivity contribution in [1.29, 1.82) is 0 Å². The second kappa shape index (κ2) is 8.84. The van der Waals surface area contributed by atoms with Crippen LogP contribution in [0.2, 0.25) is 0 Å². The van der Waals surface area contributed by atoms with Crippen molar-refractivity contribution in [3.63, 3.8) is 0 Å². The summed E-state index contributed by atoms with van der Waals surface area (Å²) < 4.78 is 3.83. The van der Waals surface area contributed by atoms with Crippen LogP contribution in [0.25, 0.3) is 0 Å². The van der Waals surface area contributed by atoms with Crippen molar-refractivity contribution in [3.05, 3.63) is 63.3 Å². The first-order valence-corrected chi connectivity index (χ1v) is 11.1. The quantitative estimate of drug-likeness (QED) is 0.597. The maximum Gasteiger partial charge on any atom is 0.280 e. The number of carbonyl (C=O) groups is 2. The Balaban J connectivity index is 2.14. The van der Waals surface area contributed by atoms with Crippen molar-refractivity contribution in [2.75, 3.05) is 4.90 Å². The van der Waals surface area contributed by atoms with E-state index in [9.17, 15) is 9.59 Å². The van der Waals surface area contributed by atoms with Gasteiger partial charge >= 0.3 is 0 Å². The molecular weight excluding hydrogens is 404 g/mol. The van der Waals surface area contributed by atoms with Gasteiger partial charge in [0.05, 0.1) is 0 Å². The highest BCUT2D eigenvalue weighted by molar-refractivity contribution is 7.10. The first-order valence-electron chi connectivity index (χ1n) is 9.35. The third-order valence-corrected chi connectivity index (χ3v) is 6.27. The lowest BCUT2D eigenvalue weighted by atomic mass is 10.0. The molecule has 3 rings (SSSR count). The third kappa shape index (κ3) is 4.71. The Morgan fingerprint density at radius 3 is 2.55 bits per heavy atom. The lowest BCUT2D eigenvalue weighted by Gasteiger charge is -2.34. The van der Waals surface area contributed by atoms with Gasteiger partial charge in [0.15, 0.2) is 11.7 Å². The normalized spacial score (nSPS) is 12.4. The first kappa shape index (κ1) is 21.1. The summed E-state index contributed by atoms with van der Waals surface area (Å²) in [4.78, 5) is 29.3. The van der Waals surface area contributed by atoms with Crippen molar-refractivity contribution in [1.82, 2.24) is 14.9 Å². The summed E-state index contributed by atoms with van der Waals surface area (Å²) in [6.07, 6.45) is 0.768. The van der Waals surface area contributed by atoms with Crippen molar-refractivity contribution in [2.45, 2.75) is 45.7 Å². The SMILES string of the molecule is CCC(C)(C)NC(=O)C(c1cccs1)N(C(=O)c1csnn1)c1ccccc1C. The summed E-state index contributed by atoms with van der Waals surface area (Å²) in [6.45, 7) is 7.89. The van der Waals surface area contributed by atoms with Crippen LogP contribution in [0.1, 0.15) is 54.2 Å². The average molecular weight is 429 g/mol. The van der Waals surface area contributed by atoms with E-state index in [1.54, 1.807) is 10.3 Å². The molecule has 1 unspecified atom stereocenters. The highest BCUT2D eigenvalue weighted by atomic mass is 32.1. The number of hydrogen-bond donors (Lipinski definition) is 1. The number of rotatable bonds is 7. The van der Waals surface area contributed by atoms with E-state index in [4.69, 9.17) is 0 Å². The van der Waals surface area contributed by atoms with Crippen LogP contribution in [0.4, 0.5) is 5.69 Å². The molecule has 8 heteroatoms. The number of carbonyl (C=O) groups excluding carboxylic acids is 2. The van der Waals surface area contributed by atoms with Gasteiger partial charge in [-0.25, -0.2) is 0 Å². The fourth-order valence-corrected chi connectivity index (χ4v) is 4.13. The van der Waals surface area contributed by atoms with Gasteiger partial charge in [0.1, 0.15) is 0 Å². The number of nitrogens with one attached hydrogen (secondary N) is 1. The minimum atomic E-state index is -0.809. The van der Waals surface area contributed by atoms with Crippen LogP contribution >= 0.6 is 22.9 Å². The van der Waals surface area contributed by atoms with Gasteiger partial charge in [-0.15, -0.1) is 16.4 Å². The van der Waals surface area contributed by atoms with Crippen LogP contribution in [-0.2, 0) is 4.79 Å². The van der Waals surface area contributed by atoms with Gasteiger partial charge in [0.25, 0.3) is 5.91 Å². The Hall–Kier alpha value is -2.58. The van der Waals surface area contributed by atoms with Crippen molar-refractivity contribution in [3.8, 4) is 0 Å². The van der Waals surface area contributed by atoms with Crippen LogP contribution in [0.5, 0.6) is 0 Å². The molecule has 0 spiro atoms. The average Bonchev–Trinajstić information content (AvgIpc) is 3.40. The van der Waals surface area contributed by atoms with Crippen molar-refractivity contribution >= 4 is 40.4 Å². The van der Waals surface area contributed by atoms with Gasteiger partial charge in [-0.1, -0.05) is 35.7 Å². The minimum Gasteiger partial charge on any atom is -0.349 e. The molecule has 1 atom stereocenters. The van der Waals surface area contributed by atoms with E-state index in [0.29, 0.717) is 5.69 Å². The second-order valence-electron chi connectivity index (χ2n) is 7.40. The fourth-order valence-electron chi connectivity index (χ4n) is 2.89. The number of benzene rings is 1. The number of nitrogens with zero attached hydrogens (tertiary/aromatic N) is 3. The molecule has 152 valence electrons. The van der Waals surface area contributed by atoms with Crippen LogP contribution in [0.3, 0.4) is 0 Å². The predicted molar refractivity (Wildman–Crippen MR) is 117 cm³/mol. The molecule has 0 radical (unpaired) electrons. The highest BCUT2D eigenvalue weighted by Gasteiger charge is 2.37. The van der Waals surface area contributed by atoms with Crippen LogP contribution < -0.4 is 10.2 Å². The molecule has 1 aromatic carbocycles. The molecule has 0 aliphatic rings. The zero-order chi connectivity index (χ0) is 21.0. The summed E-state index contributed by atoms with van der Waals surface area (Å²) in [5.41, 5.74) is 1.40. The van der Waals surface area contributed by atoms with Gasteiger partial charge in [-0.3, -0.25) is 14.5 Å². The fraction of sp³-hybridized carbons (Fsp3) is 0.333. The predicted octanol–water partition coefficient (Wildman–Crippen LogP) is 4.60. The smallest absolute Gasteiger partial charge is 0.280 e. The van der Waals surface area contributed by atoms with Gasteiger partial charge in [0, 0.05) is 21.5 Å². The molecule has 3 aromatic rings. The Bertz CT molecular complexity index is 969. The summed E-state index contributed by atoms with van der Waals surface area (Å²) in [6, 6.07) is 10.5. The molecule has 0 saturated carbocycles. The number of para-hydroxylation sites is 1. The maximum absolute atomic E-state index is 13.5. The van der Waals surface area contributed by atoms with E-state index in [1.165, 1.54) is 11.3 Å². The zero-order valence-corrected chi connectivity index (χ0v) is 18.5. The highest BCUT2D eigenvalue weighted by Crippen LogP contribution is 2.34. The van der Waals surface area contributed by atoms with E-state index >= 15 is 0 Å². The van der Waals surface area contributed by atoms with Crippen LogP contribution in [-0.4, -0.2) is 26.9 Å². The number of anilines is 1. The van der Waals surface area contributed by atoms with E-state index in [2.05, 4.69) is 14.9 Å². The largest absolute Gasteiger partial charge is 0.349 e. The molecular formula is C21H24N4O2S2. The monoisotopic (exact) mass is 428 g/mol. The number of amides is 2. The van der Waals surface area contributed by atoms with Gasteiger partial charge in [-0.05, 0) is 61.8 Å². The van der Waals surface area contributed by atoms with E-state index in [1.807, 2.05) is 69.5 Å². The van der Waals surface area contributed by atoms with Crippen LogP contribution in [0, 0.1) is 6.92 Å². The molecule has 2 aromatic heterocycles. The van der Waals surface area contributed by atoms with E-state index in [0.717, 1.165) is 28.4 Å². The molecule has 2 amide bonds. The first-order chi connectivity index (χ1) is 13.8. The number of aromatic nitrogens is 2. The molecule has 0 fully saturated rings. The molecule has 29 heavy (non-hydrogen) atoms. The Morgan fingerprint density at radius 1 is 1.21 bits per heavy atom. The summed E-state index contributed by atoms with van der Waals surface area (Å²) in [5, 5.41) is 10.6. The summed E-state index contributed by atoms with van der Waals surface area (Å²) in [7, 11) is 0. The molecule has 1 N–H and O–H groups in total. The van der Waals surface area contributed by atoms with Gasteiger partial charge in [-0.2, -0.15) is 0 Å².